The summed E-state index contributed by atoms with van der Waals surface area (Å²) in [5.41, 5.74) is 1.53. The van der Waals surface area contributed by atoms with Gasteiger partial charge in [-0.2, -0.15) is 0 Å². The molecule has 1 aromatic heterocycles. The van der Waals surface area contributed by atoms with Crippen LogP contribution in [-0.2, 0) is 0 Å². The minimum atomic E-state index is -0.194. The lowest BCUT2D eigenvalue weighted by Gasteiger charge is -2.22. The van der Waals surface area contributed by atoms with E-state index in [9.17, 15) is 4.79 Å². The van der Waals surface area contributed by atoms with Gasteiger partial charge in [-0.05, 0) is 31.0 Å². The first-order valence-electron chi connectivity index (χ1n) is 7.60. The second-order valence-corrected chi connectivity index (χ2v) is 7.30. The SMILES string of the molecule is O=C(Nc1nc(-c2ccc(Cl)cc2Cl)cs1)NC1CCCCC1. The van der Waals surface area contributed by atoms with Gasteiger partial charge in [-0.1, -0.05) is 42.5 Å². The first-order chi connectivity index (χ1) is 11.1. The van der Waals surface area contributed by atoms with Gasteiger partial charge >= 0.3 is 6.03 Å². The molecule has 0 unspecified atom stereocenters. The number of amides is 2. The predicted molar refractivity (Wildman–Crippen MR) is 96.6 cm³/mol. The molecule has 2 N–H and O–H groups in total. The van der Waals surface area contributed by atoms with Crippen LogP contribution in [0.3, 0.4) is 0 Å². The number of nitrogens with zero attached hydrogens (tertiary/aromatic N) is 1. The predicted octanol–water partition coefficient (Wildman–Crippen LogP) is 5.57. The lowest BCUT2D eigenvalue weighted by molar-refractivity contribution is 0.244. The summed E-state index contributed by atoms with van der Waals surface area (Å²) < 4.78 is 0. The second kappa shape index (κ2) is 7.51. The van der Waals surface area contributed by atoms with Crippen LogP contribution in [0.2, 0.25) is 10.0 Å². The van der Waals surface area contributed by atoms with Gasteiger partial charge in [0.25, 0.3) is 0 Å². The Hall–Kier alpha value is -1.30. The molecule has 23 heavy (non-hydrogen) atoms. The number of hydrogen-bond acceptors (Lipinski definition) is 3. The average Bonchev–Trinajstić information content (AvgIpc) is 2.96. The number of rotatable bonds is 3. The Labute approximate surface area is 149 Å². The van der Waals surface area contributed by atoms with Crippen LogP contribution < -0.4 is 10.6 Å². The van der Waals surface area contributed by atoms with E-state index in [0.717, 1.165) is 24.1 Å². The summed E-state index contributed by atoms with van der Waals surface area (Å²) in [5.74, 6) is 0. The van der Waals surface area contributed by atoms with Crippen molar-refractivity contribution in [3.05, 3.63) is 33.6 Å². The smallest absolute Gasteiger partial charge is 0.321 e. The maximum absolute atomic E-state index is 12.0. The highest BCUT2D eigenvalue weighted by molar-refractivity contribution is 7.14. The molecule has 0 bridgehead atoms. The summed E-state index contributed by atoms with van der Waals surface area (Å²) in [4.78, 5) is 16.5. The number of urea groups is 1. The van der Waals surface area contributed by atoms with Crippen molar-refractivity contribution in [1.82, 2.24) is 10.3 Å². The molecule has 1 saturated carbocycles. The first-order valence-corrected chi connectivity index (χ1v) is 9.24. The maximum Gasteiger partial charge on any atom is 0.321 e. The molecule has 7 heteroatoms. The molecule has 1 aliphatic carbocycles. The molecule has 0 spiro atoms. The molecular weight excluding hydrogens is 353 g/mol. The van der Waals surface area contributed by atoms with Gasteiger partial charge in [0.15, 0.2) is 5.13 Å². The molecule has 1 aliphatic rings. The fourth-order valence-electron chi connectivity index (χ4n) is 2.72. The molecule has 0 radical (unpaired) electrons. The highest BCUT2D eigenvalue weighted by Crippen LogP contribution is 2.32. The number of hydrogen-bond donors (Lipinski definition) is 2. The van der Waals surface area contributed by atoms with E-state index in [1.54, 1.807) is 12.1 Å². The topological polar surface area (TPSA) is 54.0 Å². The van der Waals surface area contributed by atoms with Crippen molar-refractivity contribution in [2.45, 2.75) is 38.1 Å². The van der Waals surface area contributed by atoms with E-state index in [1.807, 2.05) is 11.4 Å². The Morgan fingerprint density at radius 3 is 2.74 bits per heavy atom. The van der Waals surface area contributed by atoms with Gasteiger partial charge in [0.2, 0.25) is 0 Å². The monoisotopic (exact) mass is 369 g/mol. The minimum absolute atomic E-state index is 0.194. The maximum atomic E-state index is 12.0. The number of carbonyl (C=O) groups is 1. The average molecular weight is 370 g/mol. The van der Waals surface area contributed by atoms with Crippen molar-refractivity contribution >= 4 is 45.7 Å². The van der Waals surface area contributed by atoms with Crippen LogP contribution in [0.1, 0.15) is 32.1 Å². The summed E-state index contributed by atoms with van der Waals surface area (Å²) in [6.45, 7) is 0. The van der Waals surface area contributed by atoms with E-state index < -0.39 is 0 Å². The van der Waals surface area contributed by atoms with Gasteiger partial charge < -0.3 is 5.32 Å². The van der Waals surface area contributed by atoms with Gasteiger partial charge in [-0.15, -0.1) is 11.3 Å². The van der Waals surface area contributed by atoms with Crippen LogP contribution in [0.4, 0.5) is 9.93 Å². The van der Waals surface area contributed by atoms with Crippen molar-refractivity contribution in [2.24, 2.45) is 0 Å². The zero-order valence-electron chi connectivity index (χ0n) is 12.4. The first kappa shape index (κ1) is 16.6. The molecule has 4 nitrogen and oxygen atoms in total. The van der Waals surface area contributed by atoms with Gasteiger partial charge in [0.1, 0.15) is 0 Å². The third-order valence-corrected chi connectivity index (χ3v) is 5.18. The summed E-state index contributed by atoms with van der Waals surface area (Å²) in [6, 6.07) is 5.35. The molecule has 3 rings (SSSR count). The fourth-order valence-corrected chi connectivity index (χ4v) is 3.93. The van der Waals surface area contributed by atoms with E-state index >= 15 is 0 Å². The van der Waals surface area contributed by atoms with E-state index in [2.05, 4.69) is 15.6 Å². The van der Waals surface area contributed by atoms with E-state index in [4.69, 9.17) is 23.2 Å². The van der Waals surface area contributed by atoms with E-state index in [1.165, 1.54) is 30.6 Å². The van der Waals surface area contributed by atoms with Gasteiger partial charge in [-0.3, -0.25) is 5.32 Å². The fraction of sp³-hybridized carbons (Fsp3) is 0.375. The third kappa shape index (κ3) is 4.37. The molecule has 2 amide bonds. The number of nitrogens with one attached hydrogen (secondary N) is 2. The van der Waals surface area contributed by atoms with Crippen molar-refractivity contribution < 1.29 is 4.79 Å². The Kier molecular flexibility index (Phi) is 5.41. The normalized spacial score (nSPS) is 15.4. The molecule has 0 saturated heterocycles. The largest absolute Gasteiger partial charge is 0.335 e. The van der Waals surface area contributed by atoms with Crippen LogP contribution in [0.15, 0.2) is 23.6 Å². The lowest BCUT2D eigenvalue weighted by atomic mass is 9.96. The van der Waals surface area contributed by atoms with Crippen molar-refractivity contribution in [1.29, 1.82) is 0 Å². The number of carbonyl (C=O) groups excluding carboxylic acids is 1. The zero-order chi connectivity index (χ0) is 16.2. The van der Waals surface area contributed by atoms with Crippen LogP contribution in [0.5, 0.6) is 0 Å². The molecule has 1 heterocycles. The quantitative estimate of drug-likeness (QED) is 0.742. The molecule has 2 aromatic rings. The van der Waals surface area contributed by atoms with Crippen molar-refractivity contribution in [3.8, 4) is 11.3 Å². The van der Waals surface area contributed by atoms with E-state index in [0.29, 0.717) is 15.2 Å². The van der Waals surface area contributed by atoms with Crippen LogP contribution in [0, 0.1) is 0 Å². The number of halogens is 2. The van der Waals surface area contributed by atoms with Crippen molar-refractivity contribution in [3.63, 3.8) is 0 Å². The summed E-state index contributed by atoms with van der Waals surface area (Å²) >= 11 is 13.5. The summed E-state index contributed by atoms with van der Waals surface area (Å²) in [6.07, 6.45) is 5.73. The van der Waals surface area contributed by atoms with Crippen LogP contribution in [0.25, 0.3) is 11.3 Å². The Bertz CT molecular complexity index is 698. The second-order valence-electron chi connectivity index (χ2n) is 5.60. The standard InChI is InChI=1S/C16H17Cl2N3OS/c17-10-6-7-12(13(18)8-10)14-9-23-16(20-14)21-15(22)19-11-4-2-1-3-5-11/h6-9,11H,1-5H2,(H2,19,20,21,22). The molecule has 1 fully saturated rings. The lowest BCUT2D eigenvalue weighted by Crippen LogP contribution is -2.38. The Morgan fingerprint density at radius 1 is 1.22 bits per heavy atom. The number of aromatic nitrogens is 1. The number of anilines is 1. The van der Waals surface area contributed by atoms with Gasteiger partial charge in [0, 0.05) is 22.0 Å². The highest BCUT2D eigenvalue weighted by atomic mass is 35.5. The van der Waals surface area contributed by atoms with Crippen LogP contribution >= 0.6 is 34.5 Å². The summed E-state index contributed by atoms with van der Waals surface area (Å²) in [5, 5.41) is 9.35. The molecule has 0 aliphatic heterocycles. The van der Waals surface area contributed by atoms with Gasteiger partial charge in [0.05, 0.1) is 10.7 Å². The Morgan fingerprint density at radius 2 is 2.00 bits per heavy atom. The molecular formula is C16H17Cl2N3OS. The number of benzene rings is 1. The van der Waals surface area contributed by atoms with Crippen LogP contribution in [-0.4, -0.2) is 17.1 Å². The number of thiazole rings is 1. The van der Waals surface area contributed by atoms with Crippen molar-refractivity contribution in [2.75, 3.05) is 5.32 Å². The molecule has 122 valence electrons. The molecule has 0 atom stereocenters. The third-order valence-electron chi connectivity index (χ3n) is 3.87. The highest BCUT2D eigenvalue weighted by Gasteiger charge is 2.16. The summed E-state index contributed by atoms with van der Waals surface area (Å²) in [7, 11) is 0. The van der Waals surface area contributed by atoms with E-state index in [-0.39, 0.29) is 12.1 Å². The Balaban J connectivity index is 1.63. The minimum Gasteiger partial charge on any atom is -0.335 e. The zero-order valence-corrected chi connectivity index (χ0v) is 14.8. The van der Waals surface area contributed by atoms with Gasteiger partial charge in [-0.25, -0.2) is 9.78 Å². The molecule has 1 aromatic carbocycles.